The van der Waals surface area contributed by atoms with Crippen LogP contribution in [0.5, 0.6) is 0 Å². The van der Waals surface area contributed by atoms with Crippen LogP contribution in [0.15, 0.2) is 9.64 Å². The zero-order valence-corrected chi connectivity index (χ0v) is 9.66. The van der Waals surface area contributed by atoms with Crippen molar-refractivity contribution in [1.82, 2.24) is 10.2 Å². The van der Waals surface area contributed by atoms with E-state index in [2.05, 4.69) is 10.2 Å². The van der Waals surface area contributed by atoms with Gasteiger partial charge in [-0.2, -0.15) is 0 Å². The van der Waals surface area contributed by atoms with Crippen molar-refractivity contribution in [1.29, 1.82) is 0 Å². The molecular weight excluding hydrogens is 212 g/mol. The van der Waals surface area contributed by atoms with E-state index in [0.717, 1.165) is 19.3 Å². The third-order valence-electron chi connectivity index (χ3n) is 2.68. The maximum Gasteiger partial charge on any atom is 0.276 e. The Bertz CT molecular complexity index is 316. The van der Waals surface area contributed by atoms with E-state index < -0.39 is 0 Å². The fourth-order valence-corrected chi connectivity index (χ4v) is 2.94. The molecule has 1 aromatic rings. The van der Waals surface area contributed by atoms with Crippen LogP contribution in [0, 0.1) is 6.92 Å². The van der Waals surface area contributed by atoms with E-state index in [1.807, 2.05) is 0 Å². The molecule has 4 nitrogen and oxygen atoms in total. The molecule has 2 atom stereocenters. The Morgan fingerprint density at radius 1 is 1.27 bits per heavy atom. The summed E-state index contributed by atoms with van der Waals surface area (Å²) in [7, 11) is 0. The van der Waals surface area contributed by atoms with Gasteiger partial charge in [0.25, 0.3) is 5.22 Å². The van der Waals surface area contributed by atoms with E-state index in [-0.39, 0.29) is 11.4 Å². The van der Waals surface area contributed by atoms with Crippen molar-refractivity contribution < 1.29 is 9.52 Å². The van der Waals surface area contributed by atoms with E-state index in [1.165, 1.54) is 24.6 Å². The highest BCUT2D eigenvalue weighted by Crippen LogP contribution is 2.32. The molecule has 0 radical (unpaired) electrons. The molecule has 0 bridgehead atoms. The molecule has 1 fully saturated rings. The van der Waals surface area contributed by atoms with Gasteiger partial charge in [-0.15, -0.1) is 10.2 Å². The van der Waals surface area contributed by atoms with Gasteiger partial charge in [-0.1, -0.05) is 31.0 Å². The van der Waals surface area contributed by atoms with E-state index in [4.69, 9.17) is 4.42 Å². The van der Waals surface area contributed by atoms with Crippen LogP contribution in [0.25, 0.3) is 0 Å². The SMILES string of the molecule is Cc1nnc(SC2CCCCCC2O)o1. The molecule has 2 unspecified atom stereocenters. The molecule has 0 spiro atoms. The minimum Gasteiger partial charge on any atom is -0.416 e. The molecule has 5 heteroatoms. The molecule has 1 saturated carbocycles. The number of thioether (sulfide) groups is 1. The van der Waals surface area contributed by atoms with Crippen LogP contribution in [-0.2, 0) is 0 Å². The highest BCUT2D eigenvalue weighted by Gasteiger charge is 2.24. The summed E-state index contributed by atoms with van der Waals surface area (Å²) in [5.74, 6) is 0.584. The lowest BCUT2D eigenvalue weighted by atomic mass is 10.1. The molecule has 84 valence electrons. The number of hydrogen-bond acceptors (Lipinski definition) is 5. The van der Waals surface area contributed by atoms with Crippen LogP contribution in [0.1, 0.15) is 38.0 Å². The minimum absolute atomic E-state index is 0.215. The van der Waals surface area contributed by atoms with Gasteiger partial charge in [0.15, 0.2) is 0 Å². The summed E-state index contributed by atoms with van der Waals surface area (Å²) in [5.41, 5.74) is 0. The number of aliphatic hydroxyl groups is 1. The highest BCUT2D eigenvalue weighted by atomic mass is 32.2. The Kier molecular flexibility index (Phi) is 3.64. The molecule has 0 amide bonds. The first-order valence-corrected chi connectivity index (χ1v) is 6.28. The number of aromatic nitrogens is 2. The summed E-state index contributed by atoms with van der Waals surface area (Å²) < 4.78 is 5.31. The monoisotopic (exact) mass is 228 g/mol. The minimum atomic E-state index is -0.232. The fourth-order valence-electron chi connectivity index (χ4n) is 1.85. The van der Waals surface area contributed by atoms with Crippen LogP contribution >= 0.6 is 11.8 Å². The molecule has 1 heterocycles. The Morgan fingerprint density at radius 2 is 2.07 bits per heavy atom. The topological polar surface area (TPSA) is 59.2 Å². The van der Waals surface area contributed by atoms with Gasteiger partial charge in [0.2, 0.25) is 5.89 Å². The zero-order chi connectivity index (χ0) is 10.7. The smallest absolute Gasteiger partial charge is 0.276 e. The first kappa shape index (κ1) is 11.0. The summed E-state index contributed by atoms with van der Waals surface area (Å²) in [6.07, 6.45) is 5.22. The van der Waals surface area contributed by atoms with Crippen molar-refractivity contribution in [3.05, 3.63) is 5.89 Å². The largest absolute Gasteiger partial charge is 0.416 e. The molecule has 0 saturated heterocycles. The molecule has 1 aliphatic rings. The van der Waals surface area contributed by atoms with Gasteiger partial charge in [0, 0.05) is 12.2 Å². The molecule has 15 heavy (non-hydrogen) atoms. The van der Waals surface area contributed by atoms with Crippen molar-refractivity contribution in [3.8, 4) is 0 Å². The van der Waals surface area contributed by atoms with Gasteiger partial charge in [0.05, 0.1) is 6.10 Å². The second-order valence-corrected chi connectivity index (χ2v) is 5.14. The third-order valence-corrected chi connectivity index (χ3v) is 3.90. The predicted molar refractivity (Wildman–Crippen MR) is 57.8 cm³/mol. The van der Waals surface area contributed by atoms with Crippen LogP contribution in [0.2, 0.25) is 0 Å². The van der Waals surface area contributed by atoms with Crippen molar-refractivity contribution >= 4 is 11.8 Å². The van der Waals surface area contributed by atoms with Gasteiger partial charge in [0.1, 0.15) is 0 Å². The Hall–Kier alpha value is -0.550. The number of aryl methyl sites for hydroxylation is 1. The average molecular weight is 228 g/mol. The standard InChI is InChI=1S/C10H16N2O2S/c1-7-11-12-10(14-7)15-9-6-4-2-3-5-8(9)13/h8-9,13H,2-6H2,1H3. The van der Waals surface area contributed by atoms with Crippen molar-refractivity contribution in [2.75, 3.05) is 0 Å². The molecular formula is C10H16N2O2S. The normalized spacial score (nSPS) is 27.6. The lowest BCUT2D eigenvalue weighted by Gasteiger charge is -2.17. The number of rotatable bonds is 2. The van der Waals surface area contributed by atoms with E-state index in [1.54, 1.807) is 6.92 Å². The lowest BCUT2D eigenvalue weighted by Crippen LogP contribution is -2.21. The predicted octanol–water partition coefficient (Wildman–Crippen LogP) is 2.16. The molecule has 0 aliphatic heterocycles. The molecule has 2 rings (SSSR count). The van der Waals surface area contributed by atoms with E-state index in [0.29, 0.717) is 11.1 Å². The fraction of sp³-hybridized carbons (Fsp3) is 0.800. The van der Waals surface area contributed by atoms with Crippen molar-refractivity contribution in [2.24, 2.45) is 0 Å². The maximum atomic E-state index is 9.91. The average Bonchev–Trinajstić information content (AvgIpc) is 2.50. The Morgan fingerprint density at radius 3 is 2.80 bits per heavy atom. The van der Waals surface area contributed by atoms with E-state index >= 15 is 0 Å². The van der Waals surface area contributed by atoms with Crippen LogP contribution in [-0.4, -0.2) is 26.7 Å². The lowest BCUT2D eigenvalue weighted by molar-refractivity contribution is 0.163. The van der Waals surface area contributed by atoms with Crippen molar-refractivity contribution in [2.45, 2.75) is 55.6 Å². The van der Waals surface area contributed by atoms with Gasteiger partial charge in [-0.05, 0) is 12.8 Å². The van der Waals surface area contributed by atoms with Gasteiger partial charge >= 0.3 is 0 Å². The first-order chi connectivity index (χ1) is 7.25. The summed E-state index contributed by atoms with van der Waals surface area (Å²) in [5, 5.41) is 18.4. The van der Waals surface area contributed by atoms with Crippen molar-refractivity contribution in [3.63, 3.8) is 0 Å². The second-order valence-electron chi connectivity index (χ2n) is 3.95. The van der Waals surface area contributed by atoms with Crippen LogP contribution < -0.4 is 0 Å². The van der Waals surface area contributed by atoms with Gasteiger partial charge in [-0.25, -0.2) is 0 Å². The summed E-state index contributed by atoms with van der Waals surface area (Å²) >= 11 is 1.52. The second kappa shape index (κ2) is 4.99. The number of nitrogens with zero attached hydrogens (tertiary/aromatic N) is 2. The molecule has 0 aromatic carbocycles. The van der Waals surface area contributed by atoms with Gasteiger partial charge < -0.3 is 9.52 Å². The molecule has 1 N–H and O–H groups in total. The number of hydrogen-bond donors (Lipinski definition) is 1. The van der Waals surface area contributed by atoms with Crippen LogP contribution in [0.4, 0.5) is 0 Å². The first-order valence-electron chi connectivity index (χ1n) is 5.40. The zero-order valence-electron chi connectivity index (χ0n) is 8.85. The summed E-state index contributed by atoms with van der Waals surface area (Å²) in [6, 6.07) is 0. The number of aliphatic hydroxyl groups excluding tert-OH is 1. The summed E-state index contributed by atoms with van der Waals surface area (Å²) in [4.78, 5) is 0. The summed E-state index contributed by atoms with van der Waals surface area (Å²) in [6.45, 7) is 1.78. The van der Waals surface area contributed by atoms with Gasteiger partial charge in [-0.3, -0.25) is 0 Å². The Labute approximate surface area is 93.5 Å². The van der Waals surface area contributed by atoms with E-state index in [9.17, 15) is 5.11 Å². The maximum absolute atomic E-state index is 9.91. The quantitative estimate of drug-likeness (QED) is 0.786. The molecule has 1 aromatic heterocycles. The Balaban J connectivity index is 1.97. The highest BCUT2D eigenvalue weighted by molar-refractivity contribution is 7.99. The molecule has 1 aliphatic carbocycles. The third kappa shape index (κ3) is 2.95. The van der Waals surface area contributed by atoms with Crippen LogP contribution in [0.3, 0.4) is 0 Å².